The molecule has 0 aromatic heterocycles. The number of carboxylic acids is 1. The van der Waals surface area contributed by atoms with Crippen LogP contribution in [0, 0.1) is 18.6 Å². The number of halogens is 3. The van der Waals surface area contributed by atoms with Crippen molar-refractivity contribution in [1.29, 1.82) is 0 Å². The Balaban J connectivity index is 2.63. The summed E-state index contributed by atoms with van der Waals surface area (Å²) in [7, 11) is 0. The molecule has 0 saturated carbocycles. The summed E-state index contributed by atoms with van der Waals surface area (Å²) >= 11 is 3.10. The summed E-state index contributed by atoms with van der Waals surface area (Å²) < 4.78 is 27.7. The lowest BCUT2D eigenvalue weighted by Gasteiger charge is -2.08. The zero-order chi connectivity index (χ0) is 14.2. The summed E-state index contributed by atoms with van der Waals surface area (Å²) in [5, 5.41) is 9.01. The molecule has 0 atom stereocenters. The Labute approximate surface area is 116 Å². The highest BCUT2D eigenvalue weighted by Crippen LogP contribution is 2.29. The molecule has 0 spiro atoms. The Kier molecular flexibility index (Phi) is 3.66. The van der Waals surface area contributed by atoms with E-state index >= 15 is 0 Å². The van der Waals surface area contributed by atoms with Crippen LogP contribution < -0.4 is 0 Å². The van der Waals surface area contributed by atoms with Crippen LogP contribution >= 0.6 is 15.9 Å². The Morgan fingerprint density at radius 1 is 1.16 bits per heavy atom. The van der Waals surface area contributed by atoms with Gasteiger partial charge in [-0.1, -0.05) is 6.07 Å². The average Bonchev–Trinajstić information content (AvgIpc) is 2.34. The third kappa shape index (κ3) is 2.66. The molecule has 0 saturated heterocycles. The van der Waals surface area contributed by atoms with E-state index < -0.39 is 17.6 Å². The van der Waals surface area contributed by atoms with Gasteiger partial charge in [0.2, 0.25) is 0 Å². The van der Waals surface area contributed by atoms with Gasteiger partial charge in [0, 0.05) is 10.0 Å². The van der Waals surface area contributed by atoms with Crippen LogP contribution in [0.25, 0.3) is 11.1 Å². The minimum atomic E-state index is -1.14. The first kappa shape index (κ1) is 13.7. The van der Waals surface area contributed by atoms with Crippen LogP contribution in [0.1, 0.15) is 15.9 Å². The summed E-state index contributed by atoms with van der Waals surface area (Å²) in [4.78, 5) is 11.0. The van der Waals surface area contributed by atoms with E-state index in [2.05, 4.69) is 15.9 Å². The maximum absolute atomic E-state index is 13.8. The minimum absolute atomic E-state index is 0.00196. The molecular formula is C14H9BrF2O2. The highest BCUT2D eigenvalue weighted by Gasteiger charge is 2.14. The number of carbonyl (C=O) groups is 1. The van der Waals surface area contributed by atoms with Crippen molar-refractivity contribution < 1.29 is 18.7 Å². The second-order valence-electron chi connectivity index (χ2n) is 4.08. The molecule has 0 heterocycles. The molecule has 0 amide bonds. The Morgan fingerprint density at radius 3 is 2.47 bits per heavy atom. The number of rotatable bonds is 2. The lowest BCUT2D eigenvalue weighted by atomic mass is 10.0. The number of aromatic carboxylic acids is 1. The number of carboxylic acid groups (broad SMARTS) is 1. The molecule has 0 radical (unpaired) electrons. The predicted molar refractivity (Wildman–Crippen MR) is 71.2 cm³/mol. The quantitative estimate of drug-likeness (QED) is 0.888. The summed E-state index contributed by atoms with van der Waals surface area (Å²) in [5.74, 6) is -2.25. The van der Waals surface area contributed by atoms with Crippen LogP contribution in [0.4, 0.5) is 8.78 Å². The molecular weight excluding hydrogens is 318 g/mol. The van der Waals surface area contributed by atoms with Crippen LogP contribution in [-0.4, -0.2) is 11.1 Å². The lowest BCUT2D eigenvalue weighted by molar-refractivity contribution is 0.0696. The molecule has 2 aromatic rings. The summed E-state index contributed by atoms with van der Waals surface area (Å²) in [6, 6.07) is 6.49. The fraction of sp³-hybridized carbons (Fsp3) is 0.0714. The highest BCUT2D eigenvalue weighted by molar-refractivity contribution is 9.10. The average molecular weight is 327 g/mol. The third-order valence-corrected chi connectivity index (χ3v) is 3.45. The Bertz CT molecular complexity index is 669. The van der Waals surface area contributed by atoms with E-state index in [9.17, 15) is 13.6 Å². The first-order chi connectivity index (χ1) is 8.90. The maximum atomic E-state index is 13.8. The van der Waals surface area contributed by atoms with Gasteiger partial charge in [0.1, 0.15) is 11.6 Å². The van der Waals surface area contributed by atoms with Gasteiger partial charge in [0.15, 0.2) is 0 Å². The summed E-state index contributed by atoms with van der Waals surface area (Å²) in [5.41, 5.74) is 0.560. The lowest BCUT2D eigenvalue weighted by Crippen LogP contribution is -1.99. The topological polar surface area (TPSA) is 37.3 Å². The van der Waals surface area contributed by atoms with E-state index in [0.29, 0.717) is 10.0 Å². The molecule has 19 heavy (non-hydrogen) atoms. The molecule has 0 aliphatic rings. The van der Waals surface area contributed by atoms with E-state index in [4.69, 9.17) is 5.11 Å². The maximum Gasteiger partial charge on any atom is 0.336 e. The van der Waals surface area contributed by atoms with Crippen molar-refractivity contribution in [2.24, 2.45) is 0 Å². The number of benzene rings is 2. The Hall–Kier alpha value is -1.75. The van der Waals surface area contributed by atoms with Crippen molar-refractivity contribution >= 4 is 21.9 Å². The van der Waals surface area contributed by atoms with Gasteiger partial charge in [-0.2, -0.15) is 0 Å². The van der Waals surface area contributed by atoms with Gasteiger partial charge < -0.3 is 5.11 Å². The van der Waals surface area contributed by atoms with Crippen molar-refractivity contribution in [3.05, 3.63) is 57.6 Å². The van der Waals surface area contributed by atoms with Crippen LogP contribution in [0.3, 0.4) is 0 Å². The molecule has 2 aromatic carbocycles. The molecule has 1 N–H and O–H groups in total. The third-order valence-electron chi connectivity index (χ3n) is 2.76. The largest absolute Gasteiger partial charge is 0.478 e. The van der Waals surface area contributed by atoms with Gasteiger partial charge in [-0.3, -0.25) is 0 Å². The van der Waals surface area contributed by atoms with E-state index in [0.717, 1.165) is 12.1 Å². The van der Waals surface area contributed by atoms with Crippen LogP contribution in [-0.2, 0) is 0 Å². The van der Waals surface area contributed by atoms with Crippen LogP contribution in [0.15, 0.2) is 34.8 Å². The fourth-order valence-corrected chi connectivity index (χ4v) is 2.14. The van der Waals surface area contributed by atoms with Crippen molar-refractivity contribution in [2.45, 2.75) is 6.92 Å². The monoisotopic (exact) mass is 326 g/mol. The number of hydrogen-bond acceptors (Lipinski definition) is 1. The first-order valence-electron chi connectivity index (χ1n) is 5.39. The smallest absolute Gasteiger partial charge is 0.336 e. The van der Waals surface area contributed by atoms with Crippen molar-refractivity contribution in [3.63, 3.8) is 0 Å². The SMILES string of the molecule is Cc1cc(F)c(-c2ccc(Br)c(C(=O)O)c2)cc1F. The zero-order valence-electron chi connectivity index (χ0n) is 9.88. The zero-order valence-corrected chi connectivity index (χ0v) is 11.5. The molecule has 0 unspecified atom stereocenters. The van der Waals surface area contributed by atoms with E-state index in [1.165, 1.54) is 25.1 Å². The molecule has 5 heteroatoms. The van der Waals surface area contributed by atoms with Gasteiger partial charge in [-0.05, 0) is 58.2 Å². The van der Waals surface area contributed by atoms with E-state index in [1.807, 2.05) is 0 Å². The first-order valence-corrected chi connectivity index (χ1v) is 6.18. The van der Waals surface area contributed by atoms with Gasteiger partial charge in [0.25, 0.3) is 0 Å². The van der Waals surface area contributed by atoms with Crippen molar-refractivity contribution in [1.82, 2.24) is 0 Å². The molecule has 2 rings (SSSR count). The predicted octanol–water partition coefficient (Wildman–Crippen LogP) is 4.40. The molecule has 0 fully saturated rings. The fourth-order valence-electron chi connectivity index (χ4n) is 1.72. The second kappa shape index (κ2) is 5.09. The number of hydrogen-bond donors (Lipinski definition) is 1. The van der Waals surface area contributed by atoms with E-state index in [1.54, 1.807) is 0 Å². The summed E-state index contributed by atoms with van der Waals surface area (Å²) in [6.07, 6.45) is 0. The normalized spacial score (nSPS) is 10.5. The van der Waals surface area contributed by atoms with Crippen LogP contribution in [0.2, 0.25) is 0 Å². The Morgan fingerprint density at radius 2 is 1.84 bits per heavy atom. The van der Waals surface area contributed by atoms with Gasteiger partial charge in [-0.25, -0.2) is 13.6 Å². The van der Waals surface area contributed by atoms with Crippen LogP contribution in [0.5, 0.6) is 0 Å². The van der Waals surface area contributed by atoms with Gasteiger partial charge in [-0.15, -0.1) is 0 Å². The molecule has 0 aliphatic carbocycles. The molecule has 2 nitrogen and oxygen atoms in total. The second-order valence-corrected chi connectivity index (χ2v) is 4.94. The molecule has 0 bridgehead atoms. The molecule has 98 valence electrons. The number of aryl methyl sites for hydroxylation is 1. The van der Waals surface area contributed by atoms with Gasteiger partial charge >= 0.3 is 5.97 Å². The van der Waals surface area contributed by atoms with Crippen molar-refractivity contribution in [3.8, 4) is 11.1 Å². The highest BCUT2D eigenvalue weighted by atomic mass is 79.9. The molecule has 0 aliphatic heterocycles. The van der Waals surface area contributed by atoms with E-state index in [-0.39, 0.29) is 16.7 Å². The summed E-state index contributed by atoms with van der Waals surface area (Å²) in [6.45, 7) is 1.46. The minimum Gasteiger partial charge on any atom is -0.478 e. The standard InChI is InChI=1S/C14H9BrF2O2/c1-7-4-13(17)9(6-12(7)16)8-2-3-11(15)10(5-8)14(18)19/h2-6H,1H3,(H,18,19). The van der Waals surface area contributed by atoms with Gasteiger partial charge in [0.05, 0.1) is 5.56 Å². The van der Waals surface area contributed by atoms with Crippen molar-refractivity contribution in [2.75, 3.05) is 0 Å².